The molecular formula is C20H23N. The maximum Gasteiger partial charge on any atom is 0.0991 e. The standard InChI is InChI=1S/C20H23N/c1-2-3-4-5-17-6-8-18(9-7-17)10-11-19-12-14-20(16-21)15-13-19/h6-9,12-15H,2-5,10-11H2,1H3. The first-order valence-electron chi connectivity index (χ1n) is 7.88. The van der Waals surface area contributed by atoms with E-state index < -0.39 is 0 Å². The van der Waals surface area contributed by atoms with E-state index in [1.54, 1.807) is 0 Å². The lowest BCUT2D eigenvalue weighted by atomic mass is 10.0. The van der Waals surface area contributed by atoms with Crippen molar-refractivity contribution in [2.45, 2.75) is 45.4 Å². The van der Waals surface area contributed by atoms with E-state index in [1.807, 2.05) is 12.1 Å². The van der Waals surface area contributed by atoms with Crippen molar-refractivity contribution in [3.63, 3.8) is 0 Å². The molecule has 0 aliphatic carbocycles. The second kappa shape index (κ2) is 8.27. The van der Waals surface area contributed by atoms with Crippen LogP contribution in [0.4, 0.5) is 0 Å². The molecule has 2 aromatic rings. The number of unbranched alkanes of at least 4 members (excludes halogenated alkanes) is 2. The van der Waals surface area contributed by atoms with Gasteiger partial charge in [-0.3, -0.25) is 0 Å². The van der Waals surface area contributed by atoms with Crippen molar-refractivity contribution in [2.24, 2.45) is 0 Å². The number of benzene rings is 2. The van der Waals surface area contributed by atoms with Gasteiger partial charge < -0.3 is 0 Å². The summed E-state index contributed by atoms with van der Waals surface area (Å²) in [5, 5.41) is 8.79. The maximum absolute atomic E-state index is 8.79. The molecule has 108 valence electrons. The molecule has 1 nitrogen and oxygen atoms in total. The van der Waals surface area contributed by atoms with Crippen LogP contribution in [0.25, 0.3) is 0 Å². The Labute approximate surface area is 128 Å². The summed E-state index contributed by atoms with van der Waals surface area (Å²) in [6, 6.07) is 19.1. The first-order chi connectivity index (χ1) is 10.3. The molecule has 0 bridgehead atoms. The van der Waals surface area contributed by atoms with Gasteiger partial charge >= 0.3 is 0 Å². The Morgan fingerprint density at radius 3 is 1.67 bits per heavy atom. The first-order valence-corrected chi connectivity index (χ1v) is 7.88. The molecule has 0 N–H and O–H groups in total. The first kappa shape index (κ1) is 15.3. The van der Waals surface area contributed by atoms with Crippen LogP contribution in [0.1, 0.15) is 48.4 Å². The lowest BCUT2D eigenvalue weighted by Gasteiger charge is -2.05. The third-order valence-corrected chi connectivity index (χ3v) is 3.88. The molecule has 0 fully saturated rings. The van der Waals surface area contributed by atoms with E-state index in [1.165, 1.54) is 42.4 Å². The number of hydrogen-bond acceptors (Lipinski definition) is 1. The van der Waals surface area contributed by atoms with Crippen molar-refractivity contribution in [3.8, 4) is 6.07 Å². The number of nitriles is 1. The van der Waals surface area contributed by atoms with Crippen molar-refractivity contribution in [3.05, 3.63) is 70.8 Å². The molecule has 0 aliphatic heterocycles. The third kappa shape index (κ3) is 5.08. The molecular weight excluding hydrogens is 254 g/mol. The summed E-state index contributed by atoms with van der Waals surface area (Å²) in [5.41, 5.74) is 4.86. The highest BCUT2D eigenvalue weighted by Crippen LogP contribution is 2.12. The van der Waals surface area contributed by atoms with Gasteiger partial charge in [0.2, 0.25) is 0 Å². The van der Waals surface area contributed by atoms with Crippen molar-refractivity contribution in [2.75, 3.05) is 0 Å². The molecule has 1 heteroatoms. The molecule has 0 saturated carbocycles. The SMILES string of the molecule is CCCCCc1ccc(CCc2ccc(C#N)cc2)cc1. The van der Waals surface area contributed by atoms with Gasteiger partial charge in [-0.25, -0.2) is 0 Å². The Morgan fingerprint density at radius 1 is 0.714 bits per heavy atom. The second-order valence-electron chi connectivity index (χ2n) is 5.58. The summed E-state index contributed by atoms with van der Waals surface area (Å²) < 4.78 is 0. The third-order valence-electron chi connectivity index (χ3n) is 3.88. The highest BCUT2D eigenvalue weighted by Gasteiger charge is 1.98. The van der Waals surface area contributed by atoms with Gasteiger partial charge in [0.05, 0.1) is 11.6 Å². The minimum atomic E-state index is 0.732. The smallest absolute Gasteiger partial charge is 0.0991 e. The van der Waals surface area contributed by atoms with E-state index in [2.05, 4.69) is 49.4 Å². The van der Waals surface area contributed by atoms with Crippen molar-refractivity contribution < 1.29 is 0 Å². The number of nitrogens with zero attached hydrogens (tertiary/aromatic N) is 1. The Balaban J connectivity index is 1.84. The second-order valence-corrected chi connectivity index (χ2v) is 5.58. The number of hydrogen-bond donors (Lipinski definition) is 0. The topological polar surface area (TPSA) is 23.8 Å². The van der Waals surface area contributed by atoms with Gasteiger partial charge in [0.25, 0.3) is 0 Å². The molecule has 0 unspecified atom stereocenters. The minimum absolute atomic E-state index is 0.732. The van der Waals surface area contributed by atoms with E-state index in [4.69, 9.17) is 5.26 Å². The molecule has 0 saturated heterocycles. The molecule has 2 aromatic carbocycles. The van der Waals surface area contributed by atoms with E-state index in [0.29, 0.717) is 0 Å². The normalized spacial score (nSPS) is 10.3. The van der Waals surface area contributed by atoms with Crippen LogP contribution < -0.4 is 0 Å². The van der Waals surface area contributed by atoms with Gasteiger partial charge in [-0.15, -0.1) is 0 Å². The predicted octanol–water partition coefficient (Wildman–Crippen LogP) is 5.08. The van der Waals surface area contributed by atoms with Gasteiger partial charge in [0.1, 0.15) is 0 Å². The molecule has 0 amide bonds. The predicted molar refractivity (Wildman–Crippen MR) is 88.2 cm³/mol. The van der Waals surface area contributed by atoms with Crippen LogP contribution >= 0.6 is 0 Å². The van der Waals surface area contributed by atoms with Crippen molar-refractivity contribution in [1.29, 1.82) is 5.26 Å². The number of rotatable bonds is 7. The Bertz CT molecular complexity index is 573. The van der Waals surface area contributed by atoms with Gasteiger partial charge in [-0.05, 0) is 54.5 Å². The fourth-order valence-electron chi connectivity index (χ4n) is 2.49. The van der Waals surface area contributed by atoms with E-state index in [0.717, 1.165) is 18.4 Å². The lowest BCUT2D eigenvalue weighted by molar-refractivity contribution is 0.717. The number of aryl methyl sites for hydroxylation is 3. The molecule has 0 radical (unpaired) electrons. The average molecular weight is 277 g/mol. The van der Waals surface area contributed by atoms with Crippen LogP contribution in [0.3, 0.4) is 0 Å². The average Bonchev–Trinajstić information content (AvgIpc) is 2.55. The summed E-state index contributed by atoms with van der Waals surface area (Å²) in [4.78, 5) is 0. The quantitative estimate of drug-likeness (QED) is 0.648. The summed E-state index contributed by atoms with van der Waals surface area (Å²) in [6.07, 6.45) is 7.18. The van der Waals surface area contributed by atoms with Gasteiger partial charge in [0.15, 0.2) is 0 Å². The zero-order valence-electron chi connectivity index (χ0n) is 12.8. The molecule has 2 rings (SSSR count). The summed E-state index contributed by atoms with van der Waals surface area (Å²) in [7, 11) is 0. The Hall–Kier alpha value is -2.07. The highest BCUT2D eigenvalue weighted by atomic mass is 14.2. The fourth-order valence-corrected chi connectivity index (χ4v) is 2.49. The lowest BCUT2D eigenvalue weighted by Crippen LogP contribution is -1.92. The van der Waals surface area contributed by atoms with Crippen molar-refractivity contribution in [1.82, 2.24) is 0 Å². The minimum Gasteiger partial charge on any atom is -0.192 e. The summed E-state index contributed by atoms with van der Waals surface area (Å²) >= 11 is 0. The van der Waals surface area contributed by atoms with Crippen LogP contribution in [0, 0.1) is 11.3 Å². The van der Waals surface area contributed by atoms with E-state index in [-0.39, 0.29) is 0 Å². The fraction of sp³-hybridized carbons (Fsp3) is 0.350. The van der Waals surface area contributed by atoms with E-state index >= 15 is 0 Å². The molecule has 0 spiro atoms. The monoisotopic (exact) mass is 277 g/mol. The van der Waals surface area contributed by atoms with Crippen LogP contribution in [0.2, 0.25) is 0 Å². The van der Waals surface area contributed by atoms with Gasteiger partial charge in [0, 0.05) is 0 Å². The van der Waals surface area contributed by atoms with Gasteiger partial charge in [-0.2, -0.15) is 5.26 Å². The zero-order chi connectivity index (χ0) is 14.9. The van der Waals surface area contributed by atoms with E-state index in [9.17, 15) is 0 Å². The van der Waals surface area contributed by atoms with Crippen LogP contribution in [0.15, 0.2) is 48.5 Å². The van der Waals surface area contributed by atoms with Crippen LogP contribution in [-0.4, -0.2) is 0 Å². The zero-order valence-corrected chi connectivity index (χ0v) is 12.8. The van der Waals surface area contributed by atoms with Crippen LogP contribution in [-0.2, 0) is 19.3 Å². The molecule has 0 aliphatic rings. The molecule has 0 heterocycles. The summed E-state index contributed by atoms with van der Waals surface area (Å²) in [5.74, 6) is 0. The largest absolute Gasteiger partial charge is 0.192 e. The molecule has 21 heavy (non-hydrogen) atoms. The summed E-state index contributed by atoms with van der Waals surface area (Å²) in [6.45, 7) is 2.24. The highest BCUT2D eigenvalue weighted by molar-refractivity contribution is 5.32. The van der Waals surface area contributed by atoms with Crippen LogP contribution in [0.5, 0.6) is 0 Å². The Kier molecular flexibility index (Phi) is 6.03. The molecule has 0 aromatic heterocycles. The van der Waals surface area contributed by atoms with Gasteiger partial charge in [-0.1, -0.05) is 56.2 Å². The molecule has 0 atom stereocenters. The van der Waals surface area contributed by atoms with Crippen molar-refractivity contribution >= 4 is 0 Å². The maximum atomic E-state index is 8.79. The Morgan fingerprint density at radius 2 is 1.19 bits per heavy atom.